The van der Waals surface area contributed by atoms with Crippen LogP contribution < -0.4 is 0 Å². The molecule has 0 aromatic heterocycles. The molecule has 14 atom stereocenters. The molecule has 0 amide bonds. The van der Waals surface area contributed by atoms with Gasteiger partial charge in [0.15, 0.2) is 0 Å². The minimum Gasteiger partial charge on any atom is -0.462 e. The second-order valence-corrected chi connectivity index (χ2v) is 20.5. The van der Waals surface area contributed by atoms with E-state index in [1.165, 1.54) is 11.1 Å². The maximum Gasteiger partial charge on any atom is 0.311 e. The van der Waals surface area contributed by atoms with Crippen LogP contribution >= 0.6 is 0 Å². The molecule has 0 aromatic rings. The summed E-state index contributed by atoms with van der Waals surface area (Å²) in [6.07, 6.45) is 15.2. The van der Waals surface area contributed by atoms with E-state index in [-0.39, 0.29) is 90.8 Å². The lowest BCUT2D eigenvalue weighted by atomic mass is 9.65. The summed E-state index contributed by atoms with van der Waals surface area (Å²) in [6, 6.07) is 0. The number of carbonyl (C=O) groups is 4. The van der Waals surface area contributed by atoms with Gasteiger partial charge in [0, 0.05) is 18.3 Å². The lowest BCUT2D eigenvalue weighted by molar-refractivity contribution is -0.172. The topological polar surface area (TPSA) is 146 Å². The van der Waals surface area contributed by atoms with Crippen LogP contribution in [0.1, 0.15) is 146 Å². The van der Waals surface area contributed by atoms with E-state index in [1.54, 1.807) is 0 Å². The van der Waals surface area contributed by atoms with Crippen molar-refractivity contribution in [3.8, 4) is 0 Å². The summed E-state index contributed by atoms with van der Waals surface area (Å²) < 4.78 is 24.0. The molecule has 0 spiro atoms. The van der Waals surface area contributed by atoms with Crippen molar-refractivity contribution in [2.45, 2.75) is 183 Å². The van der Waals surface area contributed by atoms with Gasteiger partial charge in [-0.25, -0.2) is 0 Å². The third kappa shape index (κ3) is 12.0. The molecule has 2 N–H and O–H groups in total. The van der Waals surface area contributed by atoms with Gasteiger partial charge in [-0.05, 0) is 132 Å². The molecule has 0 aromatic carbocycles. The van der Waals surface area contributed by atoms with Crippen molar-refractivity contribution < 1.29 is 48.3 Å². The number of carbonyl (C=O) groups excluding carboxylic acids is 4. The highest BCUT2D eigenvalue weighted by Crippen LogP contribution is 2.47. The number of ether oxygens (including phenoxy) is 4. The Morgan fingerprint density at radius 3 is 1.73 bits per heavy atom. The van der Waals surface area contributed by atoms with Gasteiger partial charge in [0.2, 0.25) is 0 Å². The molecule has 0 saturated carbocycles. The fourth-order valence-corrected chi connectivity index (χ4v) is 10.1. The Morgan fingerprint density at radius 1 is 0.733 bits per heavy atom. The summed E-state index contributed by atoms with van der Waals surface area (Å²) in [6.45, 7) is 20.3. The van der Waals surface area contributed by atoms with Crippen molar-refractivity contribution in [1.82, 2.24) is 0 Å². The van der Waals surface area contributed by atoms with E-state index in [1.807, 2.05) is 41.5 Å². The van der Waals surface area contributed by atoms with Crippen LogP contribution in [0.2, 0.25) is 0 Å². The molecule has 1 fully saturated rings. The molecule has 0 radical (unpaired) electrons. The highest BCUT2D eigenvalue weighted by molar-refractivity contribution is 5.76. The van der Waals surface area contributed by atoms with E-state index in [0.29, 0.717) is 38.5 Å². The number of aliphatic hydroxyl groups excluding tert-OH is 2. The Balaban J connectivity index is 1.11. The number of allylic oxidation sites excluding steroid dienone is 6. The van der Waals surface area contributed by atoms with E-state index in [2.05, 4.69) is 64.2 Å². The number of aliphatic hydroxyl groups is 2. The molecule has 5 aliphatic rings. The smallest absolute Gasteiger partial charge is 0.311 e. The number of hydrogen-bond donors (Lipinski definition) is 2. The average molecular weight is 837 g/mol. The zero-order valence-corrected chi connectivity index (χ0v) is 38.2. The van der Waals surface area contributed by atoms with Crippen molar-refractivity contribution >= 4 is 23.9 Å². The molecule has 5 rings (SSSR count). The maximum atomic E-state index is 13.2. The largest absolute Gasteiger partial charge is 0.462 e. The highest BCUT2D eigenvalue weighted by Gasteiger charge is 2.45. The maximum absolute atomic E-state index is 13.2. The van der Waals surface area contributed by atoms with Crippen LogP contribution in [0, 0.1) is 58.2 Å². The SMILES string of the molecule is CCC(C)(C)C(=O)O[C@H]1C[C@@H](C)C=C2C=C[C@H](C)[C@H](CC[C@@H](O)C[C@@H](O)CC(=O)O[C@H]3CC(=O)O[C@H](CC[C@H]4[C@@H]5C(=C[C@H](C)C[C@@H]5OC(=O)C(C)(C)CC)C=C[C@@H]4C)C3)[C@H]21. The zero-order chi connectivity index (χ0) is 44.1. The number of fused-ring (bicyclic) bond motifs is 2. The fourth-order valence-electron chi connectivity index (χ4n) is 10.1. The number of rotatable bonds is 17. The number of hydrogen-bond acceptors (Lipinski definition) is 10. The van der Waals surface area contributed by atoms with Gasteiger partial charge in [0.25, 0.3) is 0 Å². The summed E-state index contributed by atoms with van der Waals surface area (Å²) >= 11 is 0. The first kappa shape index (κ1) is 47.8. The van der Waals surface area contributed by atoms with Crippen LogP contribution in [0.15, 0.2) is 47.6 Å². The third-order valence-electron chi connectivity index (χ3n) is 14.7. The predicted molar refractivity (Wildman–Crippen MR) is 231 cm³/mol. The lowest BCUT2D eigenvalue weighted by Gasteiger charge is -2.44. The molecule has 4 aliphatic carbocycles. The molecule has 1 aliphatic heterocycles. The third-order valence-corrected chi connectivity index (χ3v) is 14.7. The van der Waals surface area contributed by atoms with Crippen molar-refractivity contribution in [3.63, 3.8) is 0 Å². The van der Waals surface area contributed by atoms with Crippen LogP contribution in [0.4, 0.5) is 0 Å². The molecule has 0 unspecified atom stereocenters. The molecule has 1 heterocycles. The molecular weight excluding hydrogens is 761 g/mol. The number of esters is 4. The standard InChI is InChI=1S/C50H76O10/c1-11-49(7,8)47(55)59-41-23-29(3)21-33-15-13-31(5)39(45(33)41)19-17-35(51)25-36(52)26-43(53)58-38-27-37(57-44(54)28-38)18-20-40-32(6)14-16-34-22-30(4)24-42(46(34)40)60-48(56)50(9,10)12-2/h13-16,21-22,29-32,35-42,45-46,51-52H,11-12,17-20,23-28H2,1-10H3/t29-,30-,31-,32-,35+,36+,37+,38+,39-,40+,41-,42-,45-,46-/m0/s1. The summed E-state index contributed by atoms with van der Waals surface area (Å²) in [5.41, 5.74) is 1.26. The quantitative estimate of drug-likeness (QED) is 0.107. The first-order valence-electron chi connectivity index (χ1n) is 23.2. The minimum atomic E-state index is -1.11. The molecule has 10 nitrogen and oxygen atoms in total. The monoisotopic (exact) mass is 837 g/mol. The molecule has 336 valence electrons. The van der Waals surface area contributed by atoms with Crippen molar-refractivity contribution in [2.75, 3.05) is 0 Å². The van der Waals surface area contributed by atoms with Crippen LogP contribution in [-0.4, -0.2) is 70.7 Å². The van der Waals surface area contributed by atoms with Gasteiger partial charge in [-0.2, -0.15) is 0 Å². The van der Waals surface area contributed by atoms with E-state index >= 15 is 0 Å². The number of cyclic esters (lactones) is 1. The average Bonchev–Trinajstić information content (AvgIpc) is 3.16. The summed E-state index contributed by atoms with van der Waals surface area (Å²) in [4.78, 5) is 52.3. The van der Waals surface area contributed by atoms with E-state index in [9.17, 15) is 29.4 Å². The Kier molecular flexibility index (Phi) is 16.2. The van der Waals surface area contributed by atoms with Gasteiger partial charge >= 0.3 is 23.9 Å². The van der Waals surface area contributed by atoms with E-state index in [0.717, 1.165) is 19.3 Å². The van der Waals surface area contributed by atoms with Crippen molar-refractivity contribution in [1.29, 1.82) is 0 Å². The Bertz CT molecular complexity index is 1650. The van der Waals surface area contributed by atoms with Gasteiger partial charge in [0.05, 0.1) is 35.9 Å². The van der Waals surface area contributed by atoms with Crippen molar-refractivity contribution in [2.24, 2.45) is 58.2 Å². The van der Waals surface area contributed by atoms with Gasteiger partial charge in [-0.15, -0.1) is 0 Å². The lowest BCUT2D eigenvalue weighted by Crippen LogP contribution is -2.43. The predicted octanol–water partition coefficient (Wildman–Crippen LogP) is 9.17. The van der Waals surface area contributed by atoms with Crippen LogP contribution in [0.5, 0.6) is 0 Å². The molecule has 1 saturated heterocycles. The molecule has 60 heavy (non-hydrogen) atoms. The first-order valence-corrected chi connectivity index (χ1v) is 23.2. The molecule has 0 bridgehead atoms. The van der Waals surface area contributed by atoms with Crippen molar-refractivity contribution in [3.05, 3.63) is 47.6 Å². The normalized spacial score (nSPS) is 33.9. The summed E-state index contributed by atoms with van der Waals surface area (Å²) in [5.74, 6) is 0.0528. The van der Waals surface area contributed by atoms with Crippen LogP contribution in [-0.2, 0) is 38.1 Å². The van der Waals surface area contributed by atoms with Crippen LogP contribution in [0.3, 0.4) is 0 Å². The summed E-state index contributed by atoms with van der Waals surface area (Å²) in [7, 11) is 0. The van der Waals surface area contributed by atoms with E-state index < -0.39 is 47.2 Å². The Labute approximate surface area is 360 Å². The van der Waals surface area contributed by atoms with E-state index in [4.69, 9.17) is 18.9 Å². The highest BCUT2D eigenvalue weighted by atomic mass is 16.6. The molecule has 10 heteroatoms. The van der Waals surface area contributed by atoms with Gasteiger partial charge in [-0.3, -0.25) is 19.2 Å². The second kappa shape index (κ2) is 20.3. The summed E-state index contributed by atoms with van der Waals surface area (Å²) in [5, 5.41) is 22.0. The zero-order valence-electron chi connectivity index (χ0n) is 38.2. The van der Waals surface area contributed by atoms with Crippen LogP contribution in [0.25, 0.3) is 0 Å². The Morgan fingerprint density at radius 2 is 1.23 bits per heavy atom. The van der Waals surface area contributed by atoms with Gasteiger partial charge < -0.3 is 29.2 Å². The minimum absolute atomic E-state index is 0.0194. The van der Waals surface area contributed by atoms with Gasteiger partial charge in [0.1, 0.15) is 24.4 Å². The first-order chi connectivity index (χ1) is 28.2. The van der Waals surface area contributed by atoms with Gasteiger partial charge in [-0.1, -0.05) is 78.0 Å². The fraction of sp³-hybridized carbons (Fsp3) is 0.760. The molecular formula is C50H76O10. The second-order valence-electron chi connectivity index (χ2n) is 20.5. The Hall–Kier alpha value is -3.24.